The van der Waals surface area contributed by atoms with E-state index in [1.807, 2.05) is 10.6 Å². The quantitative estimate of drug-likeness (QED) is 0.863. The molecule has 5 heteroatoms. The molecule has 0 unspecified atom stereocenters. The Balaban J connectivity index is 2.56. The number of nitrogen functional groups attached to an aromatic ring is 1. The van der Waals surface area contributed by atoms with E-state index < -0.39 is 0 Å². The molecule has 5 nitrogen and oxygen atoms in total. The van der Waals surface area contributed by atoms with Crippen LogP contribution in [0.15, 0.2) is 12.1 Å². The molecule has 2 aromatic rings. The zero-order valence-corrected chi connectivity index (χ0v) is 10.7. The van der Waals surface area contributed by atoms with Gasteiger partial charge in [0.25, 0.3) is 0 Å². The van der Waals surface area contributed by atoms with E-state index in [2.05, 4.69) is 30.7 Å². The number of aromatic nitrogens is 3. The number of imidazole rings is 1. The van der Waals surface area contributed by atoms with E-state index in [1.165, 1.54) is 0 Å². The van der Waals surface area contributed by atoms with Crippen molar-refractivity contribution in [3.63, 3.8) is 0 Å². The first kappa shape index (κ1) is 11.7. The van der Waals surface area contributed by atoms with Crippen molar-refractivity contribution >= 4 is 17.1 Å². The number of rotatable bonds is 2. The molecule has 0 aliphatic carbocycles. The fourth-order valence-electron chi connectivity index (χ4n) is 1.75. The first-order valence-corrected chi connectivity index (χ1v) is 5.57. The summed E-state index contributed by atoms with van der Waals surface area (Å²) < 4.78 is 7.05. The van der Waals surface area contributed by atoms with Crippen molar-refractivity contribution in [1.82, 2.24) is 14.5 Å². The minimum absolute atomic E-state index is 0.118. The molecule has 0 aromatic carbocycles. The van der Waals surface area contributed by atoms with Crippen LogP contribution in [0.2, 0.25) is 0 Å². The summed E-state index contributed by atoms with van der Waals surface area (Å²) in [5.74, 6) is 1.07. The van der Waals surface area contributed by atoms with Crippen LogP contribution in [0.5, 0.6) is 5.88 Å². The lowest BCUT2D eigenvalue weighted by Gasteiger charge is -2.19. The highest BCUT2D eigenvalue weighted by atomic mass is 16.5. The SMILES string of the molecule is COc1ccc2nc(N)n(CC(C)(C)C)c2n1. The molecule has 0 spiro atoms. The molecule has 2 aromatic heterocycles. The number of hydrogen-bond donors (Lipinski definition) is 1. The van der Waals surface area contributed by atoms with Crippen molar-refractivity contribution in [3.8, 4) is 5.88 Å². The Labute approximate surface area is 101 Å². The van der Waals surface area contributed by atoms with E-state index in [4.69, 9.17) is 10.5 Å². The van der Waals surface area contributed by atoms with Gasteiger partial charge in [0.05, 0.1) is 7.11 Å². The Kier molecular flexibility index (Phi) is 2.69. The zero-order valence-electron chi connectivity index (χ0n) is 10.7. The van der Waals surface area contributed by atoms with Gasteiger partial charge in [-0.25, -0.2) is 4.98 Å². The largest absolute Gasteiger partial charge is 0.481 e. The summed E-state index contributed by atoms with van der Waals surface area (Å²) in [5.41, 5.74) is 7.61. The molecule has 2 N–H and O–H groups in total. The van der Waals surface area contributed by atoms with E-state index in [9.17, 15) is 0 Å². The maximum absolute atomic E-state index is 5.92. The van der Waals surface area contributed by atoms with Gasteiger partial charge in [0.1, 0.15) is 5.52 Å². The third kappa shape index (κ3) is 2.33. The summed E-state index contributed by atoms with van der Waals surface area (Å²) in [4.78, 5) is 8.69. The minimum Gasteiger partial charge on any atom is -0.481 e. The molecule has 92 valence electrons. The fraction of sp³-hybridized carbons (Fsp3) is 0.500. The number of nitrogens with two attached hydrogens (primary N) is 1. The van der Waals surface area contributed by atoms with Gasteiger partial charge in [-0.2, -0.15) is 4.98 Å². The van der Waals surface area contributed by atoms with E-state index in [-0.39, 0.29) is 5.41 Å². The van der Waals surface area contributed by atoms with Crippen LogP contribution < -0.4 is 10.5 Å². The second kappa shape index (κ2) is 3.91. The van der Waals surface area contributed by atoms with Gasteiger partial charge in [-0.1, -0.05) is 20.8 Å². The molecule has 0 fully saturated rings. The van der Waals surface area contributed by atoms with Crippen molar-refractivity contribution in [3.05, 3.63) is 12.1 Å². The molecule has 0 radical (unpaired) electrons. The molecule has 0 aliphatic heterocycles. The van der Waals surface area contributed by atoms with Crippen molar-refractivity contribution in [2.75, 3.05) is 12.8 Å². The average molecular weight is 234 g/mol. The lowest BCUT2D eigenvalue weighted by molar-refractivity contribution is 0.349. The molecule has 2 heterocycles. The van der Waals surface area contributed by atoms with Gasteiger partial charge in [0, 0.05) is 12.6 Å². The smallest absolute Gasteiger partial charge is 0.215 e. The first-order valence-electron chi connectivity index (χ1n) is 5.57. The van der Waals surface area contributed by atoms with Gasteiger partial charge in [-0.3, -0.25) is 4.57 Å². The van der Waals surface area contributed by atoms with Crippen molar-refractivity contribution in [2.45, 2.75) is 27.3 Å². The summed E-state index contributed by atoms with van der Waals surface area (Å²) >= 11 is 0. The Morgan fingerprint density at radius 2 is 2.00 bits per heavy atom. The molecule has 0 saturated heterocycles. The molecule has 0 atom stereocenters. The van der Waals surface area contributed by atoms with E-state index >= 15 is 0 Å². The van der Waals surface area contributed by atoms with Crippen LogP contribution in [0.4, 0.5) is 5.95 Å². The minimum atomic E-state index is 0.118. The Morgan fingerprint density at radius 1 is 1.29 bits per heavy atom. The Bertz CT molecular complexity index is 539. The molecule has 0 saturated carbocycles. The maximum atomic E-state index is 5.92. The van der Waals surface area contributed by atoms with Crippen molar-refractivity contribution in [2.24, 2.45) is 5.41 Å². The highest BCUT2D eigenvalue weighted by Crippen LogP contribution is 2.24. The Hall–Kier alpha value is -1.78. The van der Waals surface area contributed by atoms with Crippen LogP contribution in [0.1, 0.15) is 20.8 Å². The molecule has 2 rings (SSSR count). The first-order chi connectivity index (χ1) is 7.90. The van der Waals surface area contributed by atoms with Crippen molar-refractivity contribution in [1.29, 1.82) is 0 Å². The highest BCUT2D eigenvalue weighted by Gasteiger charge is 2.17. The number of hydrogen-bond acceptors (Lipinski definition) is 4. The van der Waals surface area contributed by atoms with E-state index in [0.29, 0.717) is 11.8 Å². The summed E-state index contributed by atoms with van der Waals surface area (Å²) in [6, 6.07) is 3.66. The second-order valence-corrected chi connectivity index (χ2v) is 5.31. The summed E-state index contributed by atoms with van der Waals surface area (Å²) in [7, 11) is 1.60. The highest BCUT2D eigenvalue weighted by molar-refractivity contribution is 5.74. The van der Waals surface area contributed by atoms with Crippen LogP contribution in [-0.2, 0) is 6.54 Å². The number of pyridine rings is 1. The number of anilines is 1. The molecular weight excluding hydrogens is 216 g/mol. The summed E-state index contributed by atoms with van der Waals surface area (Å²) in [5, 5.41) is 0. The van der Waals surface area contributed by atoms with Gasteiger partial charge in [-0.05, 0) is 11.5 Å². The van der Waals surface area contributed by atoms with Crippen LogP contribution in [0.25, 0.3) is 11.2 Å². The predicted molar refractivity (Wildman–Crippen MR) is 67.9 cm³/mol. The van der Waals surface area contributed by atoms with Gasteiger partial charge in [-0.15, -0.1) is 0 Å². The number of fused-ring (bicyclic) bond motifs is 1. The standard InChI is InChI=1S/C12H18N4O/c1-12(2,3)7-16-10-8(14-11(16)13)5-6-9(15-10)17-4/h5-6H,7H2,1-4H3,(H2,13,14). The van der Waals surface area contributed by atoms with Crippen LogP contribution in [0.3, 0.4) is 0 Å². The van der Waals surface area contributed by atoms with E-state index in [0.717, 1.165) is 17.7 Å². The normalized spacial score (nSPS) is 12.0. The van der Waals surface area contributed by atoms with Gasteiger partial charge >= 0.3 is 0 Å². The predicted octanol–water partition coefficient (Wildman–Crippen LogP) is 2.07. The molecule has 0 amide bonds. The van der Waals surface area contributed by atoms with Crippen LogP contribution in [-0.4, -0.2) is 21.6 Å². The molecular formula is C12H18N4O. The number of methoxy groups -OCH3 is 1. The third-order valence-electron chi connectivity index (χ3n) is 2.44. The summed E-state index contributed by atoms with van der Waals surface area (Å²) in [6.07, 6.45) is 0. The zero-order chi connectivity index (χ0) is 12.6. The monoisotopic (exact) mass is 234 g/mol. The molecule has 0 aliphatic rings. The van der Waals surface area contributed by atoms with Gasteiger partial charge in [0.2, 0.25) is 11.8 Å². The van der Waals surface area contributed by atoms with Gasteiger partial charge < -0.3 is 10.5 Å². The summed E-state index contributed by atoms with van der Waals surface area (Å²) in [6.45, 7) is 7.23. The molecule has 17 heavy (non-hydrogen) atoms. The number of ether oxygens (including phenoxy) is 1. The third-order valence-corrected chi connectivity index (χ3v) is 2.44. The van der Waals surface area contributed by atoms with E-state index in [1.54, 1.807) is 13.2 Å². The van der Waals surface area contributed by atoms with Crippen LogP contribution >= 0.6 is 0 Å². The fourth-order valence-corrected chi connectivity index (χ4v) is 1.75. The van der Waals surface area contributed by atoms with Gasteiger partial charge in [0.15, 0.2) is 5.65 Å². The second-order valence-electron chi connectivity index (χ2n) is 5.31. The maximum Gasteiger partial charge on any atom is 0.215 e. The molecule has 0 bridgehead atoms. The average Bonchev–Trinajstić information content (AvgIpc) is 2.53. The van der Waals surface area contributed by atoms with Crippen molar-refractivity contribution < 1.29 is 4.74 Å². The lowest BCUT2D eigenvalue weighted by Crippen LogP contribution is -2.17. The van der Waals surface area contributed by atoms with Crippen LogP contribution in [0, 0.1) is 5.41 Å². The topological polar surface area (TPSA) is 66.0 Å². The number of nitrogens with zero attached hydrogens (tertiary/aromatic N) is 3. The Morgan fingerprint density at radius 3 is 2.59 bits per heavy atom. The lowest BCUT2D eigenvalue weighted by atomic mass is 9.97.